The van der Waals surface area contributed by atoms with Gasteiger partial charge in [-0.05, 0) is 37.0 Å². The largest absolute Gasteiger partial charge is 0.378 e. The van der Waals surface area contributed by atoms with Gasteiger partial charge in [-0.1, -0.05) is 6.42 Å². The van der Waals surface area contributed by atoms with E-state index in [2.05, 4.69) is 10.6 Å². The second-order valence-electron chi connectivity index (χ2n) is 6.25. The highest BCUT2D eigenvalue weighted by atomic mass is 16.5. The van der Waals surface area contributed by atoms with E-state index < -0.39 is 0 Å². The van der Waals surface area contributed by atoms with Gasteiger partial charge in [-0.3, -0.25) is 4.79 Å². The van der Waals surface area contributed by atoms with Crippen LogP contribution in [0.5, 0.6) is 0 Å². The van der Waals surface area contributed by atoms with Gasteiger partial charge in [0.1, 0.15) is 0 Å². The van der Waals surface area contributed by atoms with E-state index in [0.29, 0.717) is 5.92 Å². The zero-order valence-corrected chi connectivity index (χ0v) is 11.2. The molecule has 3 fully saturated rings. The van der Waals surface area contributed by atoms with Crippen LogP contribution in [0.2, 0.25) is 0 Å². The summed E-state index contributed by atoms with van der Waals surface area (Å²) in [5, 5.41) is 6.40. The molecule has 1 saturated heterocycles. The monoisotopic (exact) mass is 252 g/mol. The number of carbonyl (C=O) groups is 1. The summed E-state index contributed by atoms with van der Waals surface area (Å²) in [5.74, 6) is 2.63. The number of methoxy groups -OCH3 is 1. The smallest absolute Gasteiger partial charge is 0.220 e. The molecule has 0 aromatic heterocycles. The average molecular weight is 252 g/mol. The Morgan fingerprint density at radius 3 is 2.89 bits per heavy atom. The molecule has 1 aliphatic heterocycles. The fourth-order valence-corrected chi connectivity index (χ4v) is 4.18. The Hall–Kier alpha value is -0.610. The predicted molar refractivity (Wildman–Crippen MR) is 69.2 cm³/mol. The van der Waals surface area contributed by atoms with E-state index in [1.54, 1.807) is 7.11 Å². The highest BCUT2D eigenvalue weighted by molar-refractivity contribution is 5.76. The van der Waals surface area contributed by atoms with Crippen molar-refractivity contribution in [2.24, 2.45) is 17.8 Å². The van der Waals surface area contributed by atoms with Crippen LogP contribution in [0.1, 0.15) is 32.1 Å². The first-order chi connectivity index (χ1) is 8.76. The van der Waals surface area contributed by atoms with Gasteiger partial charge >= 0.3 is 0 Å². The summed E-state index contributed by atoms with van der Waals surface area (Å²) in [6, 6.07) is 0.154. The molecule has 18 heavy (non-hydrogen) atoms. The number of nitrogens with one attached hydrogen (secondary N) is 2. The van der Waals surface area contributed by atoms with Crippen molar-refractivity contribution >= 4 is 5.91 Å². The summed E-state index contributed by atoms with van der Waals surface area (Å²) in [6.07, 6.45) is 6.29. The minimum Gasteiger partial charge on any atom is -0.378 e. The summed E-state index contributed by atoms with van der Waals surface area (Å²) in [5.41, 5.74) is 0. The van der Waals surface area contributed by atoms with Crippen LogP contribution in [0.25, 0.3) is 0 Å². The van der Waals surface area contributed by atoms with Crippen LogP contribution in [-0.4, -0.2) is 38.3 Å². The number of rotatable bonds is 4. The van der Waals surface area contributed by atoms with Gasteiger partial charge in [-0.15, -0.1) is 0 Å². The average Bonchev–Trinajstić information content (AvgIpc) is 3.04. The Bertz CT molecular complexity index is 311. The molecule has 0 radical (unpaired) electrons. The SMILES string of the molecule is CO[C@@H]1CNCC1NC(=O)CC1CC2CCC1C2. The molecule has 1 amide bonds. The van der Waals surface area contributed by atoms with Crippen molar-refractivity contribution < 1.29 is 9.53 Å². The van der Waals surface area contributed by atoms with Crippen LogP contribution < -0.4 is 10.6 Å². The van der Waals surface area contributed by atoms with Crippen LogP contribution in [-0.2, 0) is 9.53 Å². The first kappa shape index (κ1) is 12.4. The van der Waals surface area contributed by atoms with Gasteiger partial charge in [-0.2, -0.15) is 0 Å². The van der Waals surface area contributed by atoms with Gasteiger partial charge in [0.25, 0.3) is 0 Å². The lowest BCUT2D eigenvalue weighted by Crippen LogP contribution is -2.44. The van der Waals surface area contributed by atoms with E-state index in [1.807, 2.05) is 0 Å². The van der Waals surface area contributed by atoms with Crippen LogP contribution in [0, 0.1) is 17.8 Å². The quantitative estimate of drug-likeness (QED) is 0.782. The first-order valence-electron chi connectivity index (χ1n) is 7.29. The van der Waals surface area contributed by atoms with E-state index >= 15 is 0 Å². The highest BCUT2D eigenvalue weighted by Crippen LogP contribution is 2.49. The Morgan fingerprint density at radius 1 is 1.33 bits per heavy atom. The van der Waals surface area contributed by atoms with E-state index in [4.69, 9.17) is 4.74 Å². The summed E-state index contributed by atoms with van der Waals surface area (Å²) in [6.45, 7) is 1.68. The van der Waals surface area contributed by atoms with Crippen molar-refractivity contribution in [2.75, 3.05) is 20.2 Å². The third-order valence-electron chi connectivity index (χ3n) is 5.14. The second kappa shape index (κ2) is 5.17. The normalized spacial score (nSPS) is 42.4. The first-order valence-corrected chi connectivity index (χ1v) is 7.29. The third-order valence-corrected chi connectivity index (χ3v) is 5.14. The number of carbonyl (C=O) groups excluding carboxylic acids is 1. The lowest BCUT2D eigenvalue weighted by atomic mass is 9.86. The molecule has 0 aromatic rings. The summed E-state index contributed by atoms with van der Waals surface area (Å²) >= 11 is 0. The molecule has 1 heterocycles. The van der Waals surface area contributed by atoms with Gasteiger partial charge in [0.15, 0.2) is 0 Å². The molecule has 2 saturated carbocycles. The maximum Gasteiger partial charge on any atom is 0.220 e. The van der Waals surface area contributed by atoms with E-state index in [1.165, 1.54) is 25.7 Å². The lowest BCUT2D eigenvalue weighted by molar-refractivity contribution is -0.123. The molecule has 2 N–H and O–H groups in total. The third kappa shape index (κ3) is 2.41. The van der Waals surface area contributed by atoms with Gasteiger partial charge in [0, 0.05) is 26.6 Å². The van der Waals surface area contributed by atoms with Crippen LogP contribution in [0.4, 0.5) is 0 Å². The van der Waals surface area contributed by atoms with Crippen molar-refractivity contribution in [3.8, 4) is 0 Å². The maximum atomic E-state index is 12.1. The molecule has 0 spiro atoms. The van der Waals surface area contributed by atoms with E-state index in [0.717, 1.165) is 31.3 Å². The zero-order chi connectivity index (χ0) is 12.5. The fraction of sp³-hybridized carbons (Fsp3) is 0.929. The standard InChI is InChI=1S/C14H24N2O2/c1-18-13-8-15-7-12(13)16-14(17)6-11-5-9-2-3-10(11)4-9/h9-13,15H,2-8H2,1H3,(H,16,17)/t9?,10?,11?,12?,13-/m1/s1. The molecule has 102 valence electrons. The van der Waals surface area contributed by atoms with Crippen LogP contribution in [0.15, 0.2) is 0 Å². The molecular formula is C14H24N2O2. The molecular weight excluding hydrogens is 228 g/mol. The van der Waals surface area contributed by atoms with Crippen molar-refractivity contribution in [1.29, 1.82) is 0 Å². The van der Waals surface area contributed by atoms with Gasteiger partial charge in [0.2, 0.25) is 5.91 Å². The predicted octanol–water partition coefficient (Wildman–Crippen LogP) is 0.916. The molecule has 3 rings (SSSR count). The number of amides is 1. The second-order valence-corrected chi connectivity index (χ2v) is 6.25. The molecule has 4 nitrogen and oxygen atoms in total. The molecule has 3 aliphatic rings. The number of hydrogen-bond acceptors (Lipinski definition) is 3. The molecule has 2 bridgehead atoms. The molecule has 4 unspecified atom stereocenters. The molecule has 0 aromatic carbocycles. The Balaban J connectivity index is 1.47. The number of ether oxygens (including phenoxy) is 1. The summed E-state index contributed by atoms with van der Waals surface area (Å²) < 4.78 is 5.37. The topological polar surface area (TPSA) is 50.4 Å². The Labute approximate surface area is 109 Å². The molecule has 2 aliphatic carbocycles. The van der Waals surface area contributed by atoms with E-state index in [9.17, 15) is 4.79 Å². The van der Waals surface area contributed by atoms with Crippen molar-refractivity contribution in [1.82, 2.24) is 10.6 Å². The van der Waals surface area contributed by atoms with Crippen LogP contribution in [0.3, 0.4) is 0 Å². The van der Waals surface area contributed by atoms with Crippen molar-refractivity contribution in [3.05, 3.63) is 0 Å². The zero-order valence-electron chi connectivity index (χ0n) is 11.2. The van der Waals surface area contributed by atoms with E-state index in [-0.39, 0.29) is 18.1 Å². The van der Waals surface area contributed by atoms with Gasteiger partial charge < -0.3 is 15.4 Å². The van der Waals surface area contributed by atoms with Gasteiger partial charge in [-0.25, -0.2) is 0 Å². The summed E-state index contributed by atoms with van der Waals surface area (Å²) in [4.78, 5) is 12.1. The maximum absolute atomic E-state index is 12.1. The van der Waals surface area contributed by atoms with Gasteiger partial charge in [0.05, 0.1) is 12.1 Å². The van der Waals surface area contributed by atoms with Crippen molar-refractivity contribution in [2.45, 2.75) is 44.2 Å². The minimum absolute atomic E-state index is 0.133. The molecule has 4 heteroatoms. The lowest BCUT2D eigenvalue weighted by Gasteiger charge is -2.23. The molecule has 5 atom stereocenters. The number of fused-ring (bicyclic) bond motifs is 2. The Morgan fingerprint density at radius 2 is 2.22 bits per heavy atom. The Kier molecular flexibility index (Phi) is 3.57. The summed E-state index contributed by atoms with van der Waals surface area (Å²) in [7, 11) is 1.72. The highest BCUT2D eigenvalue weighted by Gasteiger charge is 2.40. The van der Waals surface area contributed by atoms with Crippen molar-refractivity contribution in [3.63, 3.8) is 0 Å². The fourth-order valence-electron chi connectivity index (χ4n) is 4.18. The minimum atomic E-state index is 0.133. The van der Waals surface area contributed by atoms with Crippen LogP contribution >= 0.6 is 0 Å². The number of hydrogen-bond donors (Lipinski definition) is 2.